The van der Waals surface area contributed by atoms with Crippen LogP contribution in [-0.4, -0.2) is 38.1 Å². The lowest BCUT2D eigenvalue weighted by atomic mass is 9.91. The summed E-state index contributed by atoms with van der Waals surface area (Å²) in [6, 6.07) is 0. The highest BCUT2D eigenvalue weighted by atomic mass is 15.2. The summed E-state index contributed by atoms with van der Waals surface area (Å²) in [5, 5.41) is 3.28. The Balaban J connectivity index is 2.39. The number of nitrogens with one attached hydrogen (secondary N) is 1. The summed E-state index contributed by atoms with van der Waals surface area (Å²) < 4.78 is 0. The molecule has 1 N–H and O–H groups in total. The molecule has 0 unspecified atom stereocenters. The zero-order valence-electron chi connectivity index (χ0n) is 10.5. The molecule has 0 aliphatic carbocycles. The topological polar surface area (TPSA) is 15.3 Å². The SMILES string of the molecule is CNCC(C)(C)CN1CCC(C)(C)C1. The molecule has 0 aromatic carbocycles. The molecule has 1 fully saturated rings. The van der Waals surface area contributed by atoms with Gasteiger partial charge in [-0.3, -0.25) is 0 Å². The first-order chi connectivity index (χ1) is 6.35. The number of hydrogen-bond donors (Lipinski definition) is 1. The summed E-state index contributed by atoms with van der Waals surface area (Å²) in [6.07, 6.45) is 1.35. The van der Waals surface area contributed by atoms with Gasteiger partial charge in [0, 0.05) is 19.6 Å². The van der Waals surface area contributed by atoms with E-state index in [1.54, 1.807) is 0 Å². The maximum absolute atomic E-state index is 3.28. The van der Waals surface area contributed by atoms with Crippen molar-refractivity contribution in [2.45, 2.75) is 34.1 Å². The van der Waals surface area contributed by atoms with Crippen LogP contribution >= 0.6 is 0 Å². The molecule has 0 aromatic heterocycles. The first-order valence-electron chi connectivity index (χ1n) is 5.72. The van der Waals surface area contributed by atoms with Gasteiger partial charge in [0.15, 0.2) is 0 Å². The molecule has 14 heavy (non-hydrogen) atoms. The van der Waals surface area contributed by atoms with Crippen LogP contribution in [0.4, 0.5) is 0 Å². The third-order valence-electron chi connectivity index (χ3n) is 3.06. The van der Waals surface area contributed by atoms with Crippen LogP contribution in [0.1, 0.15) is 34.1 Å². The van der Waals surface area contributed by atoms with Gasteiger partial charge < -0.3 is 10.2 Å². The Morgan fingerprint density at radius 1 is 1.36 bits per heavy atom. The molecule has 1 aliphatic heterocycles. The van der Waals surface area contributed by atoms with E-state index in [-0.39, 0.29) is 0 Å². The minimum absolute atomic E-state index is 0.398. The van der Waals surface area contributed by atoms with Crippen molar-refractivity contribution in [2.24, 2.45) is 10.8 Å². The van der Waals surface area contributed by atoms with Crippen molar-refractivity contribution in [3.63, 3.8) is 0 Å². The second-order valence-electron chi connectivity index (χ2n) is 6.32. The first kappa shape index (κ1) is 12.0. The molecule has 0 aromatic rings. The summed E-state index contributed by atoms with van der Waals surface area (Å²) in [6.45, 7) is 14.3. The fourth-order valence-electron chi connectivity index (χ4n) is 2.50. The van der Waals surface area contributed by atoms with Crippen LogP contribution in [0.5, 0.6) is 0 Å². The highest BCUT2D eigenvalue weighted by molar-refractivity contribution is 4.86. The molecular weight excluding hydrogens is 172 g/mol. The van der Waals surface area contributed by atoms with Gasteiger partial charge in [-0.05, 0) is 30.8 Å². The zero-order chi connectivity index (χ0) is 10.8. The van der Waals surface area contributed by atoms with Crippen molar-refractivity contribution in [2.75, 3.05) is 33.2 Å². The van der Waals surface area contributed by atoms with Crippen molar-refractivity contribution in [3.8, 4) is 0 Å². The minimum Gasteiger partial charge on any atom is -0.319 e. The van der Waals surface area contributed by atoms with Gasteiger partial charge in [0.2, 0.25) is 0 Å². The van der Waals surface area contributed by atoms with Crippen LogP contribution in [0.15, 0.2) is 0 Å². The van der Waals surface area contributed by atoms with Gasteiger partial charge in [-0.2, -0.15) is 0 Å². The molecule has 2 nitrogen and oxygen atoms in total. The van der Waals surface area contributed by atoms with Crippen molar-refractivity contribution in [1.82, 2.24) is 10.2 Å². The summed E-state index contributed by atoms with van der Waals surface area (Å²) in [5.41, 5.74) is 0.935. The van der Waals surface area contributed by atoms with Crippen molar-refractivity contribution in [1.29, 1.82) is 0 Å². The highest BCUT2D eigenvalue weighted by Crippen LogP contribution is 2.30. The van der Waals surface area contributed by atoms with E-state index >= 15 is 0 Å². The van der Waals surface area contributed by atoms with E-state index in [1.165, 1.54) is 26.1 Å². The Labute approximate surface area is 89.1 Å². The number of hydrogen-bond acceptors (Lipinski definition) is 2. The molecule has 1 heterocycles. The number of nitrogens with zero attached hydrogens (tertiary/aromatic N) is 1. The predicted octanol–water partition coefficient (Wildman–Crippen LogP) is 1.96. The molecule has 0 radical (unpaired) electrons. The maximum Gasteiger partial charge on any atom is 0.00451 e. The van der Waals surface area contributed by atoms with Crippen LogP contribution in [0.25, 0.3) is 0 Å². The molecular formula is C12H26N2. The lowest BCUT2D eigenvalue weighted by molar-refractivity contribution is 0.192. The van der Waals surface area contributed by atoms with E-state index in [2.05, 4.69) is 37.9 Å². The Hall–Kier alpha value is -0.0800. The standard InChI is InChI=1S/C12H26N2/c1-11(2)6-7-14(9-11)10-12(3,4)8-13-5/h13H,6-10H2,1-5H3. The second kappa shape index (κ2) is 4.19. The smallest absolute Gasteiger partial charge is 0.00451 e. The summed E-state index contributed by atoms with van der Waals surface area (Å²) in [5.74, 6) is 0. The zero-order valence-corrected chi connectivity index (χ0v) is 10.5. The highest BCUT2D eigenvalue weighted by Gasteiger charge is 2.32. The fraction of sp³-hybridized carbons (Fsp3) is 1.00. The molecule has 1 aliphatic rings. The van der Waals surface area contributed by atoms with Gasteiger partial charge >= 0.3 is 0 Å². The van der Waals surface area contributed by atoms with E-state index < -0.39 is 0 Å². The molecule has 2 heteroatoms. The Morgan fingerprint density at radius 2 is 2.00 bits per heavy atom. The van der Waals surface area contributed by atoms with E-state index in [9.17, 15) is 0 Å². The van der Waals surface area contributed by atoms with Gasteiger partial charge in [-0.1, -0.05) is 27.7 Å². The molecule has 84 valence electrons. The molecule has 1 rings (SSSR count). The van der Waals surface area contributed by atoms with E-state index in [4.69, 9.17) is 0 Å². The summed E-state index contributed by atoms with van der Waals surface area (Å²) in [4.78, 5) is 2.61. The lowest BCUT2D eigenvalue weighted by Gasteiger charge is -2.30. The van der Waals surface area contributed by atoms with Gasteiger partial charge in [-0.25, -0.2) is 0 Å². The molecule has 0 spiro atoms. The predicted molar refractivity (Wildman–Crippen MR) is 62.5 cm³/mol. The average molecular weight is 198 g/mol. The number of rotatable bonds is 4. The van der Waals surface area contributed by atoms with Gasteiger partial charge in [0.25, 0.3) is 0 Å². The quantitative estimate of drug-likeness (QED) is 0.743. The largest absolute Gasteiger partial charge is 0.319 e. The summed E-state index contributed by atoms with van der Waals surface area (Å²) in [7, 11) is 2.04. The summed E-state index contributed by atoms with van der Waals surface area (Å²) >= 11 is 0. The Bertz CT molecular complexity index is 185. The third-order valence-corrected chi connectivity index (χ3v) is 3.06. The van der Waals surface area contributed by atoms with E-state index in [1.807, 2.05) is 7.05 Å². The molecule has 0 atom stereocenters. The van der Waals surface area contributed by atoms with Crippen LogP contribution in [0.3, 0.4) is 0 Å². The number of likely N-dealkylation sites (tertiary alicyclic amines) is 1. The molecule has 0 bridgehead atoms. The Kier molecular flexibility index (Phi) is 3.59. The molecule has 1 saturated heterocycles. The van der Waals surface area contributed by atoms with Gasteiger partial charge in [-0.15, -0.1) is 0 Å². The first-order valence-corrected chi connectivity index (χ1v) is 5.72. The van der Waals surface area contributed by atoms with Crippen LogP contribution in [-0.2, 0) is 0 Å². The van der Waals surface area contributed by atoms with Gasteiger partial charge in [0.05, 0.1) is 0 Å². The van der Waals surface area contributed by atoms with Crippen LogP contribution in [0.2, 0.25) is 0 Å². The van der Waals surface area contributed by atoms with E-state index in [0.717, 1.165) is 6.54 Å². The normalized spacial score (nSPS) is 22.9. The second-order valence-corrected chi connectivity index (χ2v) is 6.32. The maximum atomic E-state index is 3.28. The fourth-order valence-corrected chi connectivity index (χ4v) is 2.50. The van der Waals surface area contributed by atoms with Gasteiger partial charge in [0.1, 0.15) is 0 Å². The minimum atomic E-state index is 0.398. The van der Waals surface area contributed by atoms with Crippen molar-refractivity contribution in [3.05, 3.63) is 0 Å². The average Bonchev–Trinajstić information content (AvgIpc) is 2.28. The third kappa shape index (κ3) is 3.58. The van der Waals surface area contributed by atoms with Crippen LogP contribution < -0.4 is 5.32 Å². The Morgan fingerprint density at radius 3 is 2.43 bits per heavy atom. The van der Waals surface area contributed by atoms with Crippen molar-refractivity contribution < 1.29 is 0 Å². The molecule has 0 saturated carbocycles. The van der Waals surface area contributed by atoms with E-state index in [0.29, 0.717) is 10.8 Å². The molecule has 0 amide bonds. The lowest BCUT2D eigenvalue weighted by Crippen LogP contribution is -2.39. The van der Waals surface area contributed by atoms with Crippen molar-refractivity contribution >= 4 is 0 Å². The van der Waals surface area contributed by atoms with Crippen LogP contribution in [0, 0.1) is 10.8 Å². The monoisotopic (exact) mass is 198 g/mol.